The van der Waals surface area contributed by atoms with Crippen LogP contribution in [0.25, 0.3) is 0 Å². The lowest BCUT2D eigenvalue weighted by molar-refractivity contribution is -0.118. The zero-order valence-electron chi connectivity index (χ0n) is 18.1. The van der Waals surface area contributed by atoms with Gasteiger partial charge in [0.1, 0.15) is 5.71 Å². The molecule has 166 valence electrons. The van der Waals surface area contributed by atoms with Gasteiger partial charge in [0, 0.05) is 31.5 Å². The third kappa shape index (κ3) is 4.64. The highest BCUT2D eigenvalue weighted by Gasteiger charge is 2.27. The van der Waals surface area contributed by atoms with Crippen LogP contribution in [0, 0.1) is 6.92 Å². The largest absolute Gasteiger partial charge is 0.370 e. The number of hydrogen-bond acceptors (Lipinski definition) is 5. The summed E-state index contributed by atoms with van der Waals surface area (Å²) in [5.74, 6) is -1.11. The lowest BCUT2D eigenvalue weighted by Gasteiger charge is -2.31. The first kappa shape index (κ1) is 21.5. The summed E-state index contributed by atoms with van der Waals surface area (Å²) in [4.78, 5) is 39.5. The minimum Gasteiger partial charge on any atom is -0.370 e. The fraction of sp³-hybridized carbons (Fsp3) is 0.333. The molecular formula is C24H27N5O3. The number of piperidine rings is 1. The van der Waals surface area contributed by atoms with Crippen LogP contribution in [0.2, 0.25) is 0 Å². The van der Waals surface area contributed by atoms with Crippen molar-refractivity contribution in [3.63, 3.8) is 0 Å². The number of hydrogen-bond donors (Lipinski definition) is 2. The predicted octanol–water partition coefficient (Wildman–Crippen LogP) is 3.21. The molecule has 0 atom stereocenters. The molecule has 2 aliphatic heterocycles. The molecule has 8 heteroatoms. The Balaban J connectivity index is 1.62. The van der Waals surface area contributed by atoms with Gasteiger partial charge in [-0.25, -0.2) is 5.01 Å². The molecule has 0 unspecified atom stereocenters. The molecule has 0 saturated carbocycles. The first-order valence-electron chi connectivity index (χ1n) is 10.9. The van der Waals surface area contributed by atoms with Crippen LogP contribution < -0.4 is 21.0 Å². The second kappa shape index (κ2) is 9.21. The lowest BCUT2D eigenvalue weighted by Crippen LogP contribution is -2.37. The highest BCUT2D eigenvalue weighted by molar-refractivity contribution is 6.44. The molecule has 1 fully saturated rings. The Labute approximate surface area is 187 Å². The third-order valence-corrected chi connectivity index (χ3v) is 5.77. The van der Waals surface area contributed by atoms with E-state index in [2.05, 4.69) is 15.3 Å². The number of aryl methyl sites for hydroxylation is 1. The SMILES string of the molecule is Cc1cccc(N2N=C(C(=O)Nc3cc(C(N)=O)ccc3N3CCCCC3)CCC2=O)c1. The molecule has 4 rings (SSSR count). The Morgan fingerprint density at radius 3 is 2.53 bits per heavy atom. The summed E-state index contributed by atoms with van der Waals surface area (Å²) in [5, 5.41) is 8.56. The highest BCUT2D eigenvalue weighted by Crippen LogP contribution is 2.30. The number of benzene rings is 2. The van der Waals surface area contributed by atoms with E-state index in [1.165, 1.54) is 11.4 Å². The number of amides is 3. The molecule has 32 heavy (non-hydrogen) atoms. The molecule has 1 saturated heterocycles. The molecule has 0 bridgehead atoms. The van der Waals surface area contributed by atoms with E-state index >= 15 is 0 Å². The van der Waals surface area contributed by atoms with Gasteiger partial charge in [-0.05, 0) is 62.1 Å². The van der Waals surface area contributed by atoms with Crippen molar-refractivity contribution in [2.75, 3.05) is 28.3 Å². The minimum absolute atomic E-state index is 0.156. The van der Waals surface area contributed by atoms with Crippen LogP contribution in [0.3, 0.4) is 0 Å². The topological polar surface area (TPSA) is 108 Å². The number of hydrazone groups is 1. The second-order valence-corrected chi connectivity index (χ2v) is 8.19. The second-order valence-electron chi connectivity index (χ2n) is 8.19. The number of carbonyl (C=O) groups is 3. The van der Waals surface area contributed by atoms with E-state index < -0.39 is 11.8 Å². The first-order chi connectivity index (χ1) is 15.4. The van der Waals surface area contributed by atoms with Gasteiger partial charge < -0.3 is 16.0 Å². The van der Waals surface area contributed by atoms with Crippen molar-refractivity contribution in [2.24, 2.45) is 10.8 Å². The van der Waals surface area contributed by atoms with E-state index in [-0.39, 0.29) is 24.5 Å². The van der Waals surface area contributed by atoms with Crippen molar-refractivity contribution in [2.45, 2.75) is 39.0 Å². The summed E-state index contributed by atoms with van der Waals surface area (Å²) in [6, 6.07) is 12.5. The smallest absolute Gasteiger partial charge is 0.271 e. The van der Waals surface area contributed by atoms with Gasteiger partial charge in [0.05, 0.1) is 17.1 Å². The van der Waals surface area contributed by atoms with Gasteiger partial charge in [-0.3, -0.25) is 14.4 Å². The average molecular weight is 434 g/mol. The summed E-state index contributed by atoms with van der Waals surface area (Å²) in [5.41, 5.74) is 9.05. The van der Waals surface area contributed by atoms with Crippen LogP contribution in [-0.2, 0) is 9.59 Å². The zero-order valence-corrected chi connectivity index (χ0v) is 18.1. The number of carbonyl (C=O) groups excluding carboxylic acids is 3. The van der Waals surface area contributed by atoms with Crippen LogP contribution in [-0.4, -0.2) is 36.5 Å². The molecule has 8 nitrogen and oxygen atoms in total. The van der Waals surface area contributed by atoms with Crippen molar-refractivity contribution >= 4 is 40.5 Å². The van der Waals surface area contributed by atoms with Gasteiger partial charge in [-0.2, -0.15) is 5.10 Å². The molecule has 2 aliphatic rings. The van der Waals surface area contributed by atoms with Gasteiger partial charge in [0.15, 0.2) is 0 Å². The fourth-order valence-corrected chi connectivity index (χ4v) is 4.07. The summed E-state index contributed by atoms with van der Waals surface area (Å²) in [7, 11) is 0. The summed E-state index contributed by atoms with van der Waals surface area (Å²) < 4.78 is 0. The van der Waals surface area contributed by atoms with Crippen molar-refractivity contribution in [1.29, 1.82) is 0 Å². The molecule has 0 spiro atoms. The molecule has 0 aliphatic carbocycles. The molecule has 0 radical (unpaired) electrons. The molecule has 2 aromatic rings. The van der Waals surface area contributed by atoms with Crippen molar-refractivity contribution in [1.82, 2.24) is 0 Å². The van der Waals surface area contributed by atoms with Crippen LogP contribution in [0.15, 0.2) is 47.6 Å². The minimum atomic E-state index is -0.558. The number of nitrogens with zero attached hydrogens (tertiary/aromatic N) is 3. The predicted molar refractivity (Wildman–Crippen MR) is 125 cm³/mol. The Morgan fingerprint density at radius 1 is 1.03 bits per heavy atom. The van der Waals surface area contributed by atoms with Gasteiger partial charge in [-0.1, -0.05) is 12.1 Å². The molecule has 2 heterocycles. The molecule has 3 amide bonds. The van der Waals surface area contributed by atoms with Crippen LogP contribution in [0.5, 0.6) is 0 Å². The maximum Gasteiger partial charge on any atom is 0.271 e. The summed E-state index contributed by atoms with van der Waals surface area (Å²) in [6.45, 7) is 3.70. The number of rotatable bonds is 5. The van der Waals surface area contributed by atoms with E-state index in [0.717, 1.165) is 37.2 Å². The monoisotopic (exact) mass is 433 g/mol. The van der Waals surface area contributed by atoms with E-state index in [4.69, 9.17) is 5.73 Å². The highest BCUT2D eigenvalue weighted by atomic mass is 16.2. The number of nitrogens with two attached hydrogens (primary N) is 1. The fourth-order valence-electron chi connectivity index (χ4n) is 4.07. The van der Waals surface area contributed by atoms with Gasteiger partial charge >= 0.3 is 0 Å². The van der Waals surface area contributed by atoms with Gasteiger partial charge in [-0.15, -0.1) is 0 Å². The van der Waals surface area contributed by atoms with Crippen molar-refractivity contribution < 1.29 is 14.4 Å². The third-order valence-electron chi connectivity index (χ3n) is 5.77. The Hall–Kier alpha value is -3.68. The molecule has 2 aromatic carbocycles. The zero-order chi connectivity index (χ0) is 22.7. The van der Waals surface area contributed by atoms with Gasteiger partial charge in [0.2, 0.25) is 11.8 Å². The molecule has 0 aromatic heterocycles. The van der Waals surface area contributed by atoms with Gasteiger partial charge in [0.25, 0.3) is 5.91 Å². The quantitative estimate of drug-likeness (QED) is 0.755. The standard InChI is InChI=1S/C24H27N5O3/c1-16-6-5-7-18(14-16)29-22(30)11-9-19(27-29)24(32)26-20-15-17(23(25)31)8-10-21(20)28-12-3-2-4-13-28/h5-8,10,14-15H,2-4,9,11-13H2,1H3,(H2,25,31)(H,26,32). The van der Waals surface area contributed by atoms with Crippen LogP contribution >= 0.6 is 0 Å². The molecule has 3 N–H and O–H groups in total. The normalized spacial score (nSPS) is 16.5. The Kier molecular flexibility index (Phi) is 6.20. The van der Waals surface area contributed by atoms with Crippen LogP contribution in [0.4, 0.5) is 17.1 Å². The Morgan fingerprint density at radius 2 is 1.81 bits per heavy atom. The summed E-state index contributed by atoms with van der Waals surface area (Å²) in [6.07, 6.45) is 3.77. The molecular weight excluding hydrogens is 406 g/mol. The lowest BCUT2D eigenvalue weighted by atomic mass is 10.1. The maximum atomic E-state index is 13.1. The number of primary amides is 1. The maximum absolute atomic E-state index is 13.1. The van der Waals surface area contributed by atoms with E-state index in [9.17, 15) is 14.4 Å². The number of anilines is 3. The van der Waals surface area contributed by atoms with Crippen molar-refractivity contribution in [3.8, 4) is 0 Å². The van der Waals surface area contributed by atoms with Crippen LogP contribution in [0.1, 0.15) is 48.0 Å². The number of nitrogens with one attached hydrogen (secondary N) is 1. The Bertz CT molecular complexity index is 1090. The summed E-state index contributed by atoms with van der Waals surface area (Å²) >= 11 is 0. The van der Waals surface area contributed by atoms with Crippen molar-refractivity contribution in [3.05, 3.63) is 53.6 Å². The van der Waals surface area contributed by atoms with E-state index in [0.29, 0.717) is 16.9 Å². The first-order valence-corrected chi connectivity index (χ1v) is 10.9. The average Bonchev–Trinajstić information content (AvgIpc) is 2.79. The van der Waals surface area contributed by atoms with E-state index in [1.807, 2.05) is 31.2 Å². The van der Waals surface area contributed by atoms with E-state index in [1.54, 1.807) is 18.2 Å².